The molecule has 1 aliphatic heterocycles. The summed E-state index contributed by atoms with van der Waals surface area (Å²) in [4.78, 5) is 33.5. The summed E-state index contributed by atoms with van der Waals surface area (Å²) in [5.74, 6) is -4.82. The fourth-order valence-corrected chi connectivity index (χ4v) is 2.92. The molecule has 0 amide bonds. The Hall–Kier alpha value is -1.49. The highest BCUT2D eigenvalue weighted by Crippen LogP contribution is 2.63. The zero-order chi connectivity index (χ0) is 17.0. The van der Waals surface area contributed by atoms with Crippen molar-refractivity contribution in [3.05, 3.63) is 0 Å². The molecule has 0 aromatic rings. The molecule has 0 N–H and O–H groups in total. The van der Waals surface area contributed by atoms with Crippen LogP contribution in [0.1, 0.15) is 13.8 Å². The summed E-state index contributed by atoms with van der Waals surface area (Å²) < 4.78 is 53.1. The normalized spacial score (nSPS) is 21.5. The molecule has 0 bridgehead atoms. The van der Waals surface area contributed by atoms with Gasteiger partial charge in [0.15, 0.2) is 0 Å². The first kappa shape index (κ1) is 18.6. The van der Waals surface area contributed by atoms with Crippen molar-refractivity contribution < 1.29 is 51.1 Å². The van der Waals surface area contributed by atoms with E-state index >= 15 is 0 Å². The monoisotopic (exact) mass is 342 g/mol. The molecule has 1 heterocycles. The van der Waals surface area contributed by atoms with Crippen LogP contribution in [0.25, 0.3) is 0 Å². The lowest BCUT2D eigenvalue weighted by atomic mass is 10.2. The number of carbonyl (C=O) groups excluding carboxylic acids is 3. The molecule has 1 saturated heterocycles. The van der Waals surface area contributed by atoms with E-state index in [1.54, 1.807) is 0 Å². The number of ether oxygens (including phenoxy) is 1. The lowest BCUT2D eigenvalue weighted by Gasteiger charge is -2.24. The second kappa shape index (κ2) is 7.18. The van der Waals surface area contributed by atoms with Crippen molar-refractivity contribution in [1.29, 1.82) is 0 Å². The van der Waals surface area contributed by atoms with Crippen LogP contribution in [0.2, 0.25) is 0 Å². The van der Waals surface area contributed by atoms with E-state index in [0.29, 0.717) is 0 Å². The minimum absolute atomic E-state index is 0.258. The Morgan fingerprint density at radius 2 is 1.82 bits per heavy atom. The lowest BCUT2D eigenvalue weighted by molar-refractivity contribution is -0.162. The molecule has 0 radical (unpaired) electrons. The second-order valence-electron chi connectivity index (χ2n) is 3.60. The summed E-state index contributed by atoms with van der Waals surface area (Å²) in [5.41, 5.74) is -3.62. The van der Waals surface area contributed by atoms with Crippen LogP contribution in [0.5, 0.6) is 0 Å². The third-order valence-electron chi connectivity index (χ3n) is 2.21. The van der Waals surface area contributed by atoms with E-state index in [4.69, 9.17) is 0 Å². The number of methoxy groups -OCH3 is 1. The Bertz CT molecular complexity index is 503. The number of halogens is 1. The lowest BCUT2D eigenvalue weighted by Crippen LogP contribution is -2.35. The molecular formula is C9H13BFO10P. The minimum Gasteiger partial charge on any atom is -0.469 e. The molecule has 1 fully saturated rings. The Labute approximate surface area is 124 Å². The predicted molar refractivity (Wildman–Crippen MR) is 65.7 cm³/mol. The van der Waals surface area contributed by atoms with Gasteiger partial charge in [0, 0.05) is 0 Å². The maximum absolute atomic E-state index is 14.6. The molecule has 1 rings (SSSR count). The first-order valence-corrected chi connectivity index (χ1v) is 7.54. The molecule has 0 saturated carbocycles. The quantitative estimate of drug-likeness (QED) is 0.285. The van der Waals surface area contributed by atoms with Gasteiger partial charge >= 0.3 is 38.4 Å². The van der Waals surface area contributed by atoms with Gasteiger partial charge in [-0.25, -0.2) is 14.4 Å². The van der Waals surface area contributed by atoms with Crippen LogP contribution in [0.15, 0.2) is 0 Å². The molecule has 1 unspecified atom stereocenters. The molecule has 0 aromatic carbocycles. The van der Waals surface area contributed by atoms with Crippen LogP contribution in [-0.4, -0.2) is 51.1 Å². The Morgan fingerprint density at radius 3 is 2.27 bits per heavy atom. The third kappa shape index (κ3) is 3.46. The van der Waals surface area contributed by atoms with Crippen molar-refractivity contribution in [1.82, 2.24) is 0 Å². The van der Waals surface area contributed by atoms with Gasteiger partial charge in [0.25, 0.3) is 0 Å². The van der Waals surface area contributed by atoms with Crippen LogP contribution in [0.4, 0.5) is 4.39 Å². The van der Waals surface area contributed by atoms with Gasteiger partial charge in [-0.05, 0) is 13.8 Å². The van der Waals surface area contributed by atoms with E-state index < -0.39 is 38.4 Å². The molecule has 0 spiro atoms. The van der Waals surface area contributed by atoms with Crippen LogP contribution in [-0.2, 0) is 46.7 Å². The molecule has 124 valence electrons. The van der Waals surface area contributed by atoms with E-state index in [0.717, 1.165) is 7.11 Å². The fourth-order valence-electron chi connectivity index (χ4n) is 1.35. The number of rotatable bonds is 6. The van der Waals surface area contributed by atoms with Gasteiger partial charge in [-0.15, -0.1) is 0 Å². The number of esters is 1. The van der Waals surface area contributed by atoms with Crippen molar-refractivity contribution in [2.24, 2.45) is 0 Å². The summed E-state index contributed by atoms with van der Waals surface area (Å²) in [7, 11) is -6.06. The van der Waals surface area contributed by atoms with Crippen molar-refractivity contribution in [2.45, 2.75) is 19.4 Å². The SMILES string of the molecule is CCOP(=O)(OCC)C1(F)OB(OC(=O)C(=O)OC)OC1=O. The zero-order valence-corrected chi connectivity index (χ0v) is 12.8. The molecule has 1 aliphatic rings. The van der Waals surface area contributed by atoms with Crippen LogP contribution >= 0.6 is 7.60 Å². The van der Waals surface area contributed by atoms with E-state index in [-0.39, 0.29) is 13.2 Å². The van der Waals surface area contributed by atoms with Crippen LogP contribution in [0, 0.1) is 0 Å². The van der Waals surface area contributed by atoms with Gasteiger partial charge in [0.05, 0.1) is 20.3 Å². The van der Waals surface area contributed by atoms with Gasteiger partial charge in [0.2, 0.25) is 0 Å². The molecular weight excluding hydrogens is 329 g/mol. The maximum Gasteiger partial charge on any atom is 0.795 e. The largest absolute Gasteiger partial charge is 0.795 e. The van der Waals surface area contributed by atoms with Gasteiger partial charge in [0.1, 0.15) is 0 Å². The van der Waals surface area contributed by atoms with Crippen molar-refractivity contribution in [2.75, 3.05) is 20.3 Å². The topological polar surface area (TPSA) is 124 Å². The van der Waals surface area contributed by atoms with Crippen LogP contribution < -0.4 is 0 Å². The highest BCUT2D eigenvalue weighted by molar-refractivity contribution is 7.56. The molecule has 0 aromatic heterocycles. The zero-order valence-electron chi connectivity index (χ0n) is 11.9. The summed E-state index contributed by atoms with van der Waals surface area (Å²) in [6, 6.07) is 0. The molecule has 0 aliphatic carbocycles. The highest BCUT2D eigenvalue weighted by atomic mass is 31.2. The number of alkyl halides is 1. The third-order valence-corrected chi connectivity index (χ3v) is 4.40. The van der Waals surface area contributed by atoms with Gasteiger partial charge in [-0.3, -0.25) is 4.57 Å². The summed E-state index contributed by atoms with van der Waals surface area (Å²) >= 11 is 0. The second-order valence-corrected chi connectivity index (χ2v) is 5.69. The first-order valence-electron chi connectivity index (χ1n) is 6.00. The molecule has 13 heteroatoms. The molecule has 1 atom stereocenters. The average molecular weight is 342 g/mol. The Kier molecular flexibility index (Phi) is 6.06. The van der Waals surface area contributed by atoms with Crippen molar-refractivity contribution in [3.8, 4) is 0 Å². The Morgan fingerprint density at radius 1 is 1.27 bits per heavy atom. The van der Waals surface area contributed by atoms with Gasteiger partial charge < -0.3 is 27.7 Å². The molecule has 22 heavy (non-hydrogen) atoms. The number of hydrogen-bond acceptors (Lipinski definition) is 10. The van der Waals surface area contributed by atoms with E-state index in [1.165, 1.54) is 13.8 Å². The number of carbonyl (C=O) groups is 3. The van der Waals surface area contributed by atoms with E-state index in [9.17, 15) is 23.3 Å². The standard InChI is InChI=1S/C9H13BFO10P/c1-4-17-22(15,18-5-2)9(11)8(14)20-10(21-9)19-7(13)6(12)16-3/h4-5H2,1-3H3. The van der Waals surface area contributed by atoms with E-state index in [2.05, 4.69) is 27.7 Å². The van der Waals surface area contributed by atoms with Crippen LogP contribution in [0.3, 0.4) is 0 Å². The maximum atomic E-state index is 14.6. The number of hydrogen-bond donors (Lipinski definition) is 0. The Balaban J connectivity index is 2.92. The highest BCUT2D eigenvalue weighted by Gasteiger charge is 2.70. The van der Waals surface area contributed by atoms with Gasteiger partial charge in [-0.2, -0.15) is 4.39 Å². The average Bonchev–Trinajstić information content (AvgIpc) is 2.74. The smallest absolute Gasteiger partial charge is 0.469 e. The minimum atomic E-state index is -4.72. The van der Waals surface area contributed by atoms with Crippen molar-refractivity contribution >= 4 is 32.8 Å². The van der Waals surface area contributed by atoms with E-state index in [1.807, 2.05) is 0 Å². The van der Waals surface area contributed by atoms with Gasteiger partial charge in [-0.1, -0.05) is 0 Å². The molecule has 10 nitrogen and oxygen atoms in total. The summed E-state index contributed by atoms with van der Waals surface area (Å²) in [6.07, 6.45) is 0. The first-order chi connectivity index (χ1) is 10.2. The van der Waals surface area contributed by atoms with Crippen molar-refractivity contribution in [3.63, 3.8) is 0 Å². The summed E-state index contributed by atoms with van der Waals surface area (Å²) in [6.45, 7) is 2.24. The predicted octanol–water partition coefficient (Wildman–Crippen LogP) is 0.150. The fraction of sp³-hybridized carbons (Fsp3) is 0.667. The summed E-state index contributed by atoms with van der Waals surface area (Å²) in [5, 5.41) is 0.